The van der Waals surface area contributed by atoms with Crippen LogP contribution in [0.3, 0.4) is 0 Å². The third-order valence-electron chi connectivity index (χ3n) is 1.62. The van der Waals surface area contributed by atoms with E-state index in [-0.39, 0.29) is 22.5 Å². The van der Waals surface area contributed by atoms with Crippen LogP contribution in [0, 0.1) is 0 Å². The second kappa shape index (κ2) is 5.09. The van der Waals surface area contributed by atoms with Crippen molar-refractivity contribution in [2.75, 3.05) is 5.88 Å². The van der Waals surface area contributed by atoms with Gasteiger partial charge in [0.05, 0.1) is 12.0 Å². The number of hydrogen-bond acceptors (Lipinski definition) is 2. The molecule has 1 N–H and O–H groups in total. The van der Waals surface area contributed by atoms with Gasteiger partial charge in [-0.1, -0.05) is 12.1 Å². The number of halogens is 4. The number of aliphatic hydroxyl groups is 1. The molecule has 0 aliphatic rings. The van der Waals surface area contributed by atoms with Crippen LogP contribution in [0.5, 0.6) is 0 Å². The minimum absolute atomic E-state index is 0.0415. The first kappa shape index (κ1) is 12.7. The standard InChI is InChI=1S/C9H8ClF3OS/c10-5-8(14)6-2-1-3-7(4-6)15-9(11,12)13/h1-4,8,14H,5H2. The summed E-state index contributed by atoms with van der Waals surface area (Å²) in [6, 6.07) is 5.61. The van der Waals surface area contributed by atoms with Gasteiger partial charge in [0.1, 0.15) is 0 Å². The van der Waals surface area contributed by atoms with Crippen LogP contribution >= 0.6 is 23.4 Å². The normalized spacial score (nSPS) is 13.9. The van der Waals surface area contributed by atoms with Crippen LogP contribution in [-0.2, 0) is 0 Å². The van der Waals surface area contributed by atoms with Crippen molar-refractivity contribution in [2.45, 2.75) is 16.5 Å². The first-order valence-electron chi connectivity index (χ1n) is 4.02. The molecule has 0 aromatic heterocycles. The van der Waals surface area contributed by atoms with Crippen molar-refractivity contribution in [1.29, 1.82) is 0 Å². The first-order chi connectivity index (χ1) is 6.92. The first-order valence-corrected chi connectivity index (χ1v) is 5.37. The summed E-state index contributed by atoms with van der Waals surface area (Å²) in [5.41, 5.74) is -3.93. The molecule has 0 aliphatic carbocycles. The van der Waals surface area contributed by atoms with E-state index in [1.54, 1.807) is 0 Å². The number of thioether (sulfide) groups is 1. The van der Waals surface area contributed by atoms with Crippen LogP contribution in [0.2, 0.25) is 0 Å². The zero-order chi connectivity index (χ0) is 11.5. The lowest BCUT2D eigenvalue weighted by atomic mass is 10.1. The molecule has 0 radical (unpaired) electrons. The molecular weight excluding hydrogens is 249 g/mol. The van der Waals surface area contributed by atoms with Gasteiger partial charge in [-0.15, -0.1) is 11.6 Å². The Morgan fingerprint density at radius 1 is 1.40 bits per heavy atom. The molecule has 0 fully saturated rings. The summed E-state index contributed by atoms with van der Waals surface area (Å²) in [7, 11) is 0. The summed E-state index contributed by atoms with van der Waals surface area (Å²) in [5.74, 6) is -0.0415. The van der Waals surface area contributed by atoms with Gasteiger partial charge < -0.3 is 5.11 Å². The number of hydrogen-bond donors (Lipinski definition) is 1. The molecule has 0 heterocycles. The van der Waals surface area contributed by atoms with Crippen molar-refractivity contribution in [3.8, 4) is 0 Å². The van der Waals surface area contributed by atoms with Crippen molar-refractivity contribution in [2.24, 2.45) is 0 Å². The van der Waals surface area contributed by atoms with Gasteiger partial charge in [-0.05, 0) is 29.5 Å². The Hall–Kier alpha value is -0.390. The average molecular weight is 257 g/mol. The Morgan fingerprint density at radius 3 is 2.60 bits per heavy atom. The monoisotopic (exact) mass is 256 g/mol. The Balaban J connectivity index is 2.83. The Kier molecular flexibility index (Phi) is 4.31. The molecule has 1 unspecified atom stereocenters. The second-order valence-electron chi connectivity index (χ2n) is 2.79. The molecule has 84 valence electrons. The van der Waals surface area contributed by atoms with Crippen molar-refractivity contribution in [3.63, 3.8) is 0 Å². The minimum Gasteiger partial charge on any atom is -0.387 e. The summed E-state index contributed by atoms with van der Waals surface area (Å²) in [4.78, 5) is 0.0455. The minimum atomic E-state index is -4.31. The summed E-state index contributed by atoms with van der Waals surface area (Å²) in [6.07, 6.45) is -0.930. The predicted molar refractivity (Wildman–Crippen MR) is 54.0 cm³/mol. The summed E-state index contributed by atoms with van der Waals surface area (Å²) < 4.78 is 36.1. The Morgan fingerprint density at radius 2 is 2.07 bits per heavy atom. The van der Waals surface area contributed by atoms with E-state index < -0.39 is 11.6 Å². The highest BCUT2D eigenvalue weighted by molar-refractivity contribution is 8.00. The lowest BCUT2D eigenvalue weighted by Gasteiger charge is -2.10. The molecule has 0 saturated heterocycles. The highest BCUT2D eigenvalue weighted by Gasteiger charge is 2.29. The van der Waals surface area contributed by atoms with Gasteiger partial charge in [-0.3, -0.25) is 0 Å². The van der Waals surface area contributed by atoms with Crippen LogP contribution in [0.25, 0.3) is 0 Å². The van der Waals surface area contributed by atoms with Crippen LogP contribution in [-0.4, -0.2) is 16.5 Å². The molecule has 1 aromatic rings. The third-order valence-corrected chi connectivity index (χ3v) is 2.64. The lowest BCUT2D eigenvalue weighted by molar-refractivity contribution is -0.0328. The highest BCUT2D eigenvalue weighted by atomic mass is 35.5. The smallest absolute Gasteiger partial charge is 0.387 e. The quantitative estimate of drug-likeness (QED) is 0.659. The zero-order valence-corrected chi connectivity index (χ0v) is 9.03. The average Bonchev–Trinajstić information content (AvgIpc) is 2.14. The van der Waals surface area contributed by atoms with Crippen molar-refractivity contribution in [1.82, 2.24) is 0 Å². The van der Waals surface area contributed by atoms with E-state index in [0.29, 0.717) is 5.56 Å². The molecule has 0 spiro atoms. The van der Waals surface area contributed by atoms with Gasteiger partial charge in [-0.25, -0.2) is 0 Å². The fourth-order valence-electron chi connectivity index (χ4n) is 1.01. The van der Waals surface area contributed by atoms with Gasteiger partial charge in [0.15, 0.2) is 0 Å². The van der Waals surface area contributed by atoms with Gasteiger partial charge in [0.25, 0.3) is 0 Å². The van der Waals surface area contributed by atoms with E-state index in [2.05, 4.69) is 0 Å². The zero-order valence-electron chi connectivity index (χ0n) is 7.46. The molecule has 0 amide bonds. The summed E-state index contributed by atoms with van der Waals surface area (Å²) in [5, 5.41) is 9.33. The summed E-state index contributed by atoms with van der Waals surface area (Å²) >= 11 is 5.18. The van der Waals surface area contributed by atoms with Crippen LogP contribution in [0.4, 0.5) is 13.2 Å². The fourth-order valence-corrected chi connectivity index (χ4v) is 1.80. The van der Waals surface area contributed by atoms with Crippen LogP contribution < -0.4 is 0 Å². The Labute approximate surface area is 94.2 Å². The molecule has 1 nitrogen and oxygen atoms in total. The topological polar surface area (TPSA) is 20.2 Å². The van der Waals surface area contributed by atoms with Crippen molar-refractivity contribution < 1.29 is 18.3 Å². The molecule has 0 aliphatic heterocycles. The maximum absolute atomic E-state index is 12.0. The number of benzene rings is 1. The van der Waals surface area contributed by atoms with Gasteiger partial charge in [0.2, 0.25) is 0 Å². The largest absolute Gasteiger partial charge is 0.446 e. The third kappa shape index (κ3) is 4.32. The highest BCUT2D eigenvalue weighted by Crippen LogP contribution is 2.37. The fraction of sp³-hybridized carbons (Fsp3) is 0.333. The van der Waals surface area contributed by atoms with E-state index in [4.69, 9.17) is 11.6 Å². The van der Waals surface area contributed by atoms with Gasteiger partial charge >= 0.3 is 5.51 Å². The van der Waals surface area contributed by atoms with Gasteiger partial charge in [0, 0.05) is 4.90 Å². The van der Waals surface area contributed by atoms with E-state index in [9.17, 15) is 18.3 Å². The van der Waals surface area contributed by atoms with Crippen LogP contribution in [0.15, 0.2) is 29.2 Å². The van der Waals surface area contributed by atoms with E-state index in [1.165, 1.54) is 24.3 Å². The van der Waals surface area contributed by atoms with Crippen molar-refractivity contribution in [3.05, 3.63) is 29.8 Å². The van der Waals surface area contributed by atoms with E-state index >= 15 is 0 Å². The lowest BCUT2D eigenvalue weighted by Crippen LogP contribution is -2.01. The summed E-state index contributed by atoms with van der Waals surface area (Å²) in [6.45, 7) is 0. The van der Waals surface area contributed by atoms with E-state index in [1.807, 2.05) is 0 Å². The second-order valence-corrected chi connectivity index (χ2v) is 4.24. The maximum Gasteiger partial charge on any atom is 0.446 e. The molecular formula is C9H8ClF3OS. The molecule has 15 heavy (non-hydrogen) atoms. The van der Waals surface area contributed by atoms with Crippen LogP contribution in [0.1, 0.15) is 11.7 Å². The molecule has 1 atom stereocenters. The number of alkyl halides is 4. The molecule has 1 aromatic carbocycles. The number of aliphatic hydroxyl groups excluding tert-OH is 1. The molecule has 0 bridgehead atoms. The Bertz CT molecular complexity index is 329. The molecule has 0 saturated carbocycles. The van der Waals surface area contributed by atoms with Gasteiger partial charge in [-0.2, -0.15) is 13.2 Å². The van der Waals surface area contributed by atoms with E-state index in [0.717, 1.165) is 0 Å². The molecule has 1 rings (SSSR count). The SMILES string of the molecule is OC(CCl)c1cccc(SC(F)(F)F)c1. The molecule has 6 heteroatoms. The van der Waals surface area contributed by atoms with Crippen molar-refractivity contribution >= 4 is 23.4 Å². The maximum atomic E-state index is 12.0. The predicted octanol–water partition coefficient (Wildman–Crippen LogP) is 3.57. The number of rotatable bonds is 3.